The maximum absolute atomic E-state index is 14.2. The molecule has 0 aliphatic carbocycles. The van der Waals surface area contributed by atoms with Gasteiger partial charge in [-0.2, -0.15) is 5.10 Å². The number of hydrogen-bond donors (Lipinski definition) is 2. The molecule has 0 radical (unpaired) electrons. The molecule has 3 aromatic carbocycles. The molecule has 0 spiro atoms. The van der Waals surface area contributed by atoms with Crippen molar-refractivity contribution in [3.05, 3.63) is 94.1 Å². The Bertz CT molecular complexity index is 1550. The van der Waals surface area contributed by atoms with Crippen LogP contribution in [0.4, 0.5) is 14.5 Å². The largest absolute Gasteiger partial charge is 0.504 e. The number of thiazole rings is 1. The second-order valence-electron chi connectivity index (χ2n) is 7.06. The van der Waals surface area contributed by atoms with Gasteiger partial charge in [0.05, 0.1) is 6.21 Å². The van der Waals surface area contributed by atoms with Crippen LogP contribution in [-0.2, 0) is 0 Å². The standard InChI is InChI=1S/C24H15F2N3O3S/c25-16-6-7-18(17(26)11-16)28-24-29(27-12-14-5-8-20(30)21(31)9-14)19(13-33-24)23-10-15-3-1-2-4-22(15)32-23/h1-13,30-31H. The molecule has 0 fully saturated rings. The first kappa shape index (κ1) is 20.7. The van der Waals surface area contributed by atoms with E-state index in [1.807, 2.05) is 30.3 Å². The highest BCUT2D eigenvalue weighted by molar-refractivity contribution is 7.07. The number of aromatic hydroxyl groups is 2. The summed E-state index contributed by atoms with van der Waals surface area (Å²) in [5.74, 6) is -1.50. The Morgan fingerprint density at radius 2 is 1.79 bits per heavy atom. The lowest BCUT2D eigenvalue weighted by atomic mass is 10.2. The number of furan rings is 1. The van der Waals surface area contributed by atoms with Crippen molar-refractivity contribution in [1.29, 1.82) is 0 Å². The molecule has 0 aliphatic rings. The molecule has 5 aromatic rings. The first-order chi connectivity index (χ1) is 16.0. The van der Waals surface area contributed by atoms with Crippen molar-refractivity contribution in [3.63, 3.8) is 0 Å². The number of benzene rings is 3. The molecule has 0 saturated carbocycles. The number of aromatic nitrogens is 1. The molecule has 0 unspecified atom stereocenters. The fourth-order valence-corrected chi connectivity index (χ4v) is 4.02. The number of halogens is 2. The van der Waals surface area contributed by atoms with E-state index in [1.54, 1.807) is 11.4 Å². The summed E-state index contributed by atoms with van der Waals surface area (Å²) >= 11 is 1.20. The van der Waals surface area contributed by atoms with Gasteiger partial charge in [0.1, 0.15) is 22.8 Å². The Kier molecular flexibility index (Phi) is 5.23. The third kappa shape index (κ3) is 4.13. The molecule has 33 heavy (non-hydrogen) atoms. The van der Waals surface area contributed by atoms with E-state index in [-0.39, 0.29) is 17.2 Å². The van der Waals surface area contributed by atoms with Gasteiger partial charge in [-0.1, -0.05) is 18.2 Å². The lowest BCUT2D eigenvalue weighted by Crippen LogP contribution is -2.11. The van der Waals surface area contributed by atoms with E-state index in [1.165, 1.54) is 40.4 Å². The SMILES string of the molecule is Oc1ccc(C=Nn2c(-c3cc4ccccc4o3)csc2=Nc2ccc(F)cc2F)cc1O. The number of phenols is 2. The van der Waals surface area contributed by atoms with E-state index in [9.17, 15) is 19.0 Å². The zero-order valence-electron chi connectivity index (χ0n) is 16.8. The van der Waals surface area contributed by atoms with Crippen molar-refractivity contribution in [2.45, 2.75) is 0 Å². The molecule has 0 aliphatic heterocycles. The summed E-state index contributed by atoms with van der Waals surface area (Å²) in [5, 5.41) is 26.4. The number of fused-ring (bicyclic) bond motifs is 1. The lowest BCUT2D eigenvalue weighted by molar-refractivity contribution is 0.403. The second-order valence-corrected chi connectivity index (χ2v) is 7.90. The number of rotatable bonds is 4. The van der Waals surface area contributed by atoms with Gasteiger partial charge in [-0.15, -0.1) is 11.3 Å². The van der Waals surface area contributed by atoms with Gasteiger partial charge in [-0.3, -0.25) is 0 Å². The molecule has 0 amide bonds. The number of para-hydroxylation sites is 1. The van der Waals surface area contributed by atoms with E-state index in [0.29, 0.717) is 27.4 Å². The molecule has 6 nitrogen and oxygen atoms in total. The molecule has 0 bridgehead atoms. The molecule has 9 heteroatoms. The van der Waals surface area contributed by atoms with Crippen LogP contribution in [-0.4, -0.2) is 21.1 Å². The van der Waals surface area contributed by atoms with E-state index < -0.39 is 11.6 Å². The van der Waals surface area contributed by atoms with Gasteiger partial charge in [0.2, 0.25) is 4.80 Å². The number of nitrogens with zero attached hydrogens (tertiary/aromatic N) is 3. The van der Waals surface area contributed by atoms with E-state index >= 15 is 0 Å². The second kappa shape index (κ2) is 8.36. The summed E-state index contributed by atoms with van der Waals surface area (Å²) in [4.78, 5) is 4.64. The smallest absolute Gasteiger partial charge is 0.211 e. The molecule has 2 heterocycles. The average Bonchev–Trinajstić information content (AvgIpc) is 3.40. The zero-order chi connectivity index (χ0) is 22.9. The van der Waals surface area contributed by atoms with Crippen molar-refractivity contribution in [2.75, 3.05) is 0 Å². The Labute approximate surface area is 189 Å². The van der Waals surface area contributed by atoms with Crippen LogP contribution in [0.15, 0.2) is 86.6 Å². The van der Waals surface area contributed by atoms with Crippen LogP contribution < -0.4 is 4.80 Å². The number of hydrogen-bond acceptors (Lipinski definition) is 6. The number of phenolic OH excluding ortho intramolecular Hbond substituents is 2. The topological polar surface area (TPSA) is 83.2 Å². The van der Waals surface area contributed by atoms with E-state index in [0.717, 1.165) is 17.5 Å². The minimum atomic E-state index is -0.798. The summed E-state index contributed by atoms with van der Waals surface area (Å²) in [7, 11) is 0. The zero-order valence-corrected chi connectivity index (χ0v) is 17.6. The van der Waals surface area contributed by atoms with Gasteiger partial charge in [0.15, 0.2) is 23.1 Å². The van der Waals surface area contributed by atoms with Crippen LogP contribution in [0.3, 0.4) is 0 Å². The van der Waals surface area contributed by atoms with Gasteiger partial charge in [-0.05, 0) is 48.0 Å². The van der Waals surface area contributed by atoms with Gasteiger partial charge in [0.25, 0.3) is 0 Å². The van der Waals surface area contributed by atoms with Crippen LogP contribution in [0, 0.1) is 11.6 Å². The molecule has 2 aromatic heterocycles. The van der Waals surface area contributed by atoms with Crippen LogP contribution in [0.2, 0.25) is 0 Å². The highest BCUT2D eigenvalue weighted by atomic mass is 32.1. The Morgan fingerprint density at radius 1 is 0.939 bits per heavy atom. The van der Waals surface area contributed by atoms with Gasteiger partial charge < -0.3 is 14.6 Å². The minimum Gasteiger partial charge on any atom is -0.504 e. The predicted molar refractivity (Wildman–Crippen MR) is 122 cm³/mol. The Balaban J connectivity index is 1.67. The maximum atomic E-state index is 14.2. The molecular weight excluding hydrogens is 448 g/mol. The summed E-state index contributed by atoms with van der Waals surface area (Å²) < 4.78 is 35.0. The first-order valence-corrected chi connectivity index (χ1v) is 10.6. The molecule has 0 atom stereocenters. The summed E-state index contributed by atoms with van der Waals surface area (Å²) in [5.41, 5.74) is 1.73. The van der Waals surface area contributed by atoms with Crippen LogP contribution in [0.1, 0.15) is 5.56 Å². The summed E-state index contributed by atoms with van der Waals surface area (Å²) in [6, 6.07) is 16.8. The summed E-state index contributed by atoms with van der Waals surface area (Å²) in [6.07, 6.45) is 1.46. The van der Waals surface area contributed by atoms with Gasteiger partial charge in [0, 0.05) is 16.8 Å². The third-order valence-electron chi connectivity index (χ3n) is 4.81. The van der Waals surface area contributed by atoms with Crippen molar-refractivity contribution in [2.24, 2.45) is 10.1 Å². The summed E-state index contributed by atoms with van der Waals surface area (Å²) in [6.45, 7) is 0. The van der Waals surface area contributed by atoms with Crippen molar-refractivity contribution >= 4 is 34.2 Å². The predicted octanol–water partition coefficient (Wildman–Crippen LogP) is 5.77. The van der Waals surface area contributed by atoms with Gasteiger partial charge >= 0.3 is 0 Å². The molecule has 0 saturated heterocycles. The Hall–Kier alpha value is -4.24. The first-order valence-electron chi connectivity index (χ1n) is 9.73. The highest BCUT2D eigenvalue weighted by Gasteiger charge is 2.14. The van der Waals surface area contributed by atoms with Crippen molar-refractivity contribution < 1.29 is 23.4 Å². The average molecular weight is 463 g/mol. The Morgan fingerprint density at radius 3 is 2.58 bits per heavy atom. The van der Waals surface area contributed by atoms with Gasteiger partial charge in [-0.25, -0.2) is 18.4 Å². The normalized spacial score (nSPS) is 12.2. The maximum Gasteiger partial charge on any atom is 0.211 e. The van der Waals surface area contributed by atoms with Crippen molar-refractivity contribution in [3.8, 4) is 23.0 Å². The van der Waals surface area contributed by atoms with Crippen LogP contribution in [0.5, 0.6) is 11.5 Å². The van der Waals surface area contributed by atoms with Crippen LogP contribution in [0.25, 0.3) is 22.4 Å². The fourth-order valence-electron chi connectivity index (χ4n) is 3.19. The quantitative estimate of drug-likeness (QED) is 0.262. The van der Waals surface area contributed by atoms with Crippen LogP contribution >= 0.6 is 11.3 Å². The molecule has 5 rings (SSSR count). The monoisotopic (exact) mass is 463 g/mol. The molecule has 164 valence electrons. The third-order valence-corrected chi connectivity index (χ3v) is 5.63. The van der Waals surface area contributed by atoms with E-state index in [2.05, 4.69) is 10.1 Å². The molecular formula is C24H15F2N3O3S. The van der Waals surface area contributed by atoms with E-state index in [4.69, 9.17) is 4.42 Å². The van der Waals surface area contributed by atoms with Crippen molar-refractivity contribution in [1.82, 2.24) is 4.68 Å². The molecule has 2 N–H and O–H groups in total. The fraction of sp³-hybridized carbons (Fsp3) is 0. The highest BCUT2D eigenvalue weighted by Crippen LogP contribution is 2.29. The lowest BCUT2D eigenvalue weighted by Gasteiger charge is -2.02. The minimum absolute atomic E-state index is 0.0411.